The van der Waals surface area contributed by atoms with Crippen molar-refractivity contribution < 1.29 is 5.11 Å². The standard InChI is InChI=1S/C10H17N3OS/c14-6-5-13(10-12-4-7-15-10)8-9-2-1-3-11-9/h4,7,9,11,14H,1-3,5-6,8H2. The third-order valence-electron chi connectivity index (χ3n) is 2.66. The highest BCUT2D eigenvalue weighted by Crippen LogP contribution is 2.18. The van der Waals surface area contributed by atoms with Gasteiger partial charge in [-0.3, -0.25) is 0 Å². The van der Waals surface area contributed by atoms with Gasteiger partial charge in [0, 0.05) is 30.7 Å². The monoisotopic (exact) mass is 227 g/mol. The molecular formula is C10H17N3OS. The first-order valence-electron chi connectivity index (χ1n) is 5.39. The van der Waals surface area contributed by atoms with Gasteiger partial charge in [-0.05, 0) is 19.4 Å². The van der Waals surface area contributed by atoms with Gasteiger partial charge < -0.3 is 15.3 Å². The zero-order valence-corrected chi connectivity index (χ0v) is 9.54. The number of hydrogen-bond donors (Lipinski definition) is 2. The smallest absolute Gasteiger partial charge is 0.185 e. The summed E-state index contributed by atoms with van der Waals surface area (Å²) in [6.45, 7) is 2.93. The number of aromatic nitrogens is 1. The third-order valence-corrected chi connectivity index (χ3v) is 3.50. The Morgan fingerprint density at radius 2 is 2.60 bits per heavy atom. The largest absolute Gasteiger partial charge is 0.395 e. The van der Waals surface area contributed by atoms with E-state index >= 15 is 0 Å². The van der Waals surface area contributed by atoms with Crippen LogP contribution < -0.4 is 10.2 Å². The molecule has 0 bridgehead atoms. The zero-order chi connectivity index (χ0) is 10.5. The molecule has 1 fully saturated rings. The lowest BCUT2D eigenvalue weighted by Gasteiger charge is -2.24. The molecule has 1 aliphatic heterocycles. The average Bonchev–Trinajstić information content (AvgIpc) is 2.89. The van der Waals surface area contributed by atoms with Crippen LogP contribution in [0.3, 0.4) is 0 Å². The zero-order valence-electron chi connectivity index (χ0n) is 8.72. The Morgan fingerprint density at radius 1 is 1.67 bits per heavy atom. The third kappa shape index (κ3) is 2.90. The lowest BCUT2D eigenvalue weighted by Crippen LogP contribution is -2.39. The number of nitrogens with one attached hydrogen (secondary N) is 1. The fraction of sp³-hybridized carbons (Fsp3) is 0.700. The molecule has 0 aromatic carbocycles. The van der Waals surface area contributed by atoms with E-state index in [9.17, 15) is 0 Å². The van der Waals surface area contributed by atoms with Crippen LogP contribution in [-0.2, 0) is 0 Å². The van der Waals surface area contributed by atoms with E-state index in [4.69, 9.17) is 5.11 Å². The first-order chi connectivity index (χ1) is 7.40. The summed E-state index contributed by atoms with van der Waals surface area (Å²) in [5, 5.41) is 15.5. The second kappa shape index (κ2) is 5.44. The van der Waals surface area contributed by atoms with Crippen LogP contribution in [0, 0.1) is 0 Å². The molecule has 2 heterocycles. The van der Waals surface area contributed by atoms with Crippen molar-refractivity contribution in [1.82, 2.24) is 10.3 Å². The SMILES string of the molecule is OCCN(CC1CCCN1)c1nccs1. The van der Waals surface area contributed by atoms with Crippen molar-refractivity contribution in [3.63, 3.8) is 0 Å². The van der Waals surface area contributed by atoms with Crippen LogP contribution in [0.15, 0.2) is 11.6 Å². The van der Waals surface area contributed by atoms with Gasteiger partial charge in [-0.2, -0.15) is 0 Å². The molecule has 4 nitrogen and oxygen atoms in total. The van der Waals surface area contributed by atoms with E-state index in [1.807, 2.05) is 11.6 Å². The molecule has 0 spiro atoms. The number of nitrogens with zero attached hydrogens (tertiary/aromatic N) is 2. The summed E-state index contributed by atoms with van der Waals surface area (Å²) in [5.41, 5.74) is 0. The Morgan fingerprint density at radius 3 is 3.20 bits per heavy atom. The maximum Gasteiger partial charge on any atom is 0.185 e. The molecule has 1 saturated heterocycles. The molecule has 1 aromatic heterocycles. The Balaban J connectivity index is 1.93. The maximum atomic E-state index is 9.02. The number of aliphatic hydroxyl groups excluding tert-OH is 1. The van der Waals surface area contributed by atoms with Crippen molar-refractivity contribution in [2.75, 3.05) is 31.1 Å². The highest BCUT2D eigenvalue weighted by Gasteiger charge is 2.18. The molecule has 1 atom stereocenters. The molecule has 1 aromatic rings. The van der Waals surface area contributed by atoms with Crippen LogP contribution in [0.5, 0.6) is 0 Å². The molecule has 0 radical (unpaired) electrons. The number of anilines is 1. The number of rotatable bonds is 5. The lowest BCUT2D eigenvalue weighted by molar-refractivity contribution is 0.300. The molecule has 1 aliphatic rings. The second-order valence-electron chi connectivity index (χ2n) is 3.78. The van der Waals surface area contributed by atoms with Gasteiger partial charge in [-0.1, -0.05) is 0 Å². The molecule has 5 heteroatoms. The Hall–Kier alpha value is -0.650. The highest BCUT2D eigenvalue weighted by molar-refractivity contribution is 7.13. The molecule has 1 unspecified atom stereocenters. The number of thiazole rings is 1. The van der Waals surface area contributed by atoms with Crippen LogP contribution in [0.1, 0.15) is 12.8 Å². The van der Waals surface area contributed by atoms with E-state index in [0.717, 1.165) is 18.2 Å². The second-order valence-corrected chi connectivity index (χ2v) is 4.65. The summed E-state index contributed by atoms with van der Waals surface area (Å²) in [4.78, 5) is 6.44. The Kier molecular flexibility index (Phi) is 3.94. The Labute approximate surface area is 93.9 Å². The quantitative estimate of drug-likeness (QED) is 0.777. The molecule has 2 rings (SSSR count). The summed E-state index contributed by atoms with van der Waals surface area (Å²) >= 11 is 1.63. The van der Waals surface area contributed by atoms with E-state index < -0.39 is 0 Å². The van der Waals surface area contributed by atoms with E-state index in [0.29, 0.717) is 12.6 Å². The predicted octanol–water partition coefficient (Wildman–Crippen LogP) is 0.694. The van der Waals surface area contributed by atoms with Gasteiger partial charge in [0.25, 0.3) is 0 Å². The minimum Gasteiger partial charge on any atom is -0.395 e. The summed E-state index contributed by atoms with van der Waals surface area (Å²) in [7, 11) is 0. The van der Waals surface area contributed by atoms with Gasteiger partial charge in [0.1, 0.15) is 0 Å². The van der Waals surface area contributed by atoms with Crippen molar-refractivity contribution in [2.24, 2.45) is 0 Å². The fourth-order valence-electron chi connectivity index (χ4n) is 1.94. The van der Waals surface area contributed by atoms with Crippen LogP contribution in [0.25, 0.3) is 0 Å². The summed E-state index contributed by atoms with van der Waals surface area (Å²) in [5.74, 6) is 0. The van der Waals surface area contributed by atoms with Gasteiger partial charge in [-0.25, -0.2) is 4.98 Å². The molecule has 0 aliphatic carbocycles. The van der Waals surface area contributed by atoms with Crippen molar-refractivity contribution >= 4 is 16.5 Å². The molecule has 0 saturated carbocycles. The topological polar surface area (TPSA) is 48.4 Å². The minimum atomic E-state index is 0.187. The van der Waals surface area contributed by atoms with Gasteiger partial charge >= 0.3 is 0 Å². The van der Waals surface area contributed by atoms with E-state index in [1.165, 1.54) is 12.8 Å². The number of aliphatic hydroxyl groups is 1. The first-order valence-corrected chi connectivity index (χ1v) is 6.27. The van der Waals surface area contributed by atoms with Crippen molar-refractivity contribution in [3.05, 3.63) is 11.6 Å². The molecule has 15 heavy (non-hydrogen) atoms. The normalized spacial score (nSPS) is 20.7. The predicted molar refractivity (Wildman–Crippen MR) is 62.4 cm³/mol. The van der Waals surface area contributed by atoms with Crippen LogP contribution >= 0.6 is 11.3 Å². The first kappa shape index (κ1) is 10.9. The summed E-state index contributed by atoms with van der Waals surface area (Å²) in [6.07, 6.45) is 4.30. The molecule has 0 amide bonds. The van der Waals surface area contributed by atoms with Gasteiger partial charge in [-0.15, -0.1) is 11.3 Å². The van der Waals surface area contributed by atoms with Gasteiger partial charge in [0.15, 0.2) is 5.13 Å². The minimum absolute atomic E-state index is 0.187. The highest BCUT2D eigenvalue weighted by atomic mass is 32.1. The van der Waals surface area contributed by atoms with E-state index in [-0.39, 0.29) is 6.61 Å². The van der Waals surface area contributed by atoms with Crippen LogP contribution in [0.4, 0.5) is 5.13 Å². The van der Waals surface area contributed by atoms with E-state index in [1.54, 1.807) is 11.3 Å². The average molecular weight is 227 g/mol. The lowest BCUT2D eigenvalue weighted by atomic mass is 10.2. The van der Waals surface area contributed by atoms with Crippen molar-refractivity contribution in [3.8, 4) is 0 Å². The van der Waals surface area contributed by atoms with Crippen LogP contribution in [-0.4, -0.2) is 42.4 Å². The Bertz CT molecular complexity index is 272. The van der Waals surface area contributed by atoms with Crippen molar-refractivity contribution in [2.45, 2.75) is 18.9 Å². The molecule has 84 valence electrons. The van der Waals surface area contributed by atoms with Gasteiger partial charge in [0.05, 0.1) is 6.61 Å². The molecule has 2 N–H and O–H groups in total. The maximum absolute atomic E-state index is 9.02. The van der Waals surface area contributed by atoms with Crippen LogP contribution in [0.2, 0.25) is 0 Å². The van der Waals surface area contributed by atoms with E-state index in [2.05, 4.69) is 15.2 Å². The summed E-state index contributed by atoms with van der Waals surface area (Å²) in [6, 6.07) is 0.556. The van der Waals surface area contributed by atoms with Gasteiger partial charge in [0.2, 0.25) is 0 Å². The number of hydrogen-bond acceptors (Lipinski definition) is 5. The summed E-state index contributed by atoms with van der Waals surface area (Å²) < 4.78 is 0. The fourth-order valence-corrected chi connectivity index (χ4v) is 2.62. The molecular weight excluding hydrogens is 210 g/mol. The van der Waals surface area contributed by atoms with Crippen molar-refractivity contribution in [1.29, 1.82) is 0 Å².